The molecule has 7 rings (SSSR count). The van der Waals surface area contributed by atoms with Gasteiger partial charge in [0, 0.05) is 40.6 Å². The predicted octanol–water partition coefficient (Wildman–Crippen LogP) is 7.36. The molecule has 0 saturated carbocycles. The van der Waals surface area contributed by atoms with E-state index in [0.29, 0.717) is 21.2 Å². The minimum absolute atomic E-state index is 0.171. The largest absolute Gasteiger partial charge is 0.416 e. The van der Waals surface area contributed by atoms with Crippen LogP contribution in [0, 0.1) is 5.92 Å². The van der Waals surface area contributed by atoms with E-state index < -0.39 is 51.4 Å². The minimum atomic E-state index is -4.68. The summed E-state index contributed by atoms with van der Waals surface area (Å²) in [4.78, 5) is 58.4. The third kappa shape index (κ3) is 5.87. The molecular formula is C37H31F3N4O4S2. The summed E-state index contributed by atoms with van der Waals surface area (Å²) in [5.74, 6) is -3.52. The number of benzene rings is 4. The molecule has 4 aromatic carbocycles. The van der Waals surface area contributed by atoms with Gasteiger partial charge in [-0.15, -0.1) is 0 Å². The molecular weight excluding hydrogens is 686 g/mol. The van der Waals surface area contributed by atoms with Crippen LogP contribution in [0.2, 0.25) is 0 Å². The number of carbonyl (C=O) groups excluding carboxylic acids is 3. The van der Waals surface area contributed by atoms with Crippen LogP contribution in [0.1, 0.15) is 35.8 Å². The van der Waals surface area contributed by atoms with Crippen LogP contribution in [0.3, 0.4) is 0 Å². The summed E-state index contributed by atoms with van der Waals surface area (Å²) in [6.45, 7) is 5.28. The van der Waals surface area contributed by atoms with E-state index in [-0.39, 0.29) is 12.2 Å². The van der Waals surface area contributed by atoms with Gasteiger partial charge in [0.2, 0.25) is 17.7 Å². The maximum absolute atomic E-state index is 14.2. The highest BCUT2D eigenvalue weighted by molar-refractivity contribution is 8.00. The summed E-state index contributed by atoms with van der Waals surface area (Å²) in [6.07, 6.45) is -4.68. The Morgan fingerprint density at radius 3 is 2.30 bits per heavy atom. The molecule has 13 heteroatoms. The molecule has 50 heavy (non-hydrogen) atoms. The van der Waals surface area contributed by atoms with Gasteiger partial charge in [0.15, 0.2) is 0 Å². The van der Waals surface area contributed by atoms with Gasteiger partial charge in [0.25, 0.3) is 0 Å². The number of thiazole rings is 1. The highest BCUT2D eigenvalue weighted by Crippen LogP contribution is 2.54. The normalized spacial score (nSPS) is 18.7. The van der Waals surface area contributed by atoms with Crippen molar-refractivity contribution in [3.05, 3.63) is 117 Å². The van der Waals surface area contributed by atoms with E-state index in [1.54, 1.807) is 6.07 Å². The van der Waals surface area contributed by atoms with Gasteiger partial charge >= 0.3 is 11.0 Å². The van der Waals surface area contributed by atoms with Crippen LogP contribution in [-0.4, -0.2) is 40.6 Å². The molecule has 0 bridgehead atoms. The van der Waals surface area contributed by atoms with E-state index in [4.69, 9.17) is 0 Å². The summed E-state index contributed by atoms with van der Waals surface area (Å²) in [7, 11) is 0. The average Bonchev–Trinajstić information content (AvgIpc) is 3.55. The fraction of sp³-hybridized carbons (Fsp3) is 0.243. The van der Waals surface area contributed by atoms with E-state index >= 15 is 0 Å². The third-order valence-electron chi connectivity index (χ3n) is 9.23. The van der Waals surface area contributed by atoms with Crippen molar-refractivity contribution in [2.75, 3.05) is 28.2 Å². The number of fused-ring (bicyclic) bond motifs is 3. The Kier molecular flexibility index (Phi) is 8.81. The summed E-state index contributed by atoms with van der Waals surface area (Å²) in [5, 5.41) is 4.02. The van der Waals surface area contributed by atoms with Gasteiger partial charge in [-0.3, -0.25) is 23.7 Å². The Hall–Kier alpha value is -4.88. The number of carbonyl (C=O) groups is 3. The van der Waals surface area contributed by atoms with E-state index in [9.17, 15) is 32.3 Å². The zero-order valence-corrected chi connectivity index (χ0v) is 28.6. The van der Waals surface area contributed by atoms with Crippen LogP contribution in [0.25, 0.3) is 10.8 Å². The minimum Gasteiger partial charge on any atom is -0.372 e. The first-order chi connectivity index (χ1) is 24.0. The number of hydrogen-bond donors (Lipinski definition) is 1. The lowest BCUT2D eigenvalue weighted by atomic mass is 9.83. The molecule has 0 spiro atoms. The second-order valence-electron chi connectivity index (χ2n) is 12.1. The molecule has 0 aliphatic carbocycles. The SMILES string of the molecule is CCN(CC)c1ccc(C2c3sc(=O)n(CC(=O)Nc4cccc5ccccc45)c3SC3C(=O)N(c4cccc(C(F)(F)F)c4)C(=O)C32)cc1. The number of alkyl halides is 3. The van der Waals surface area contributed by atoms with Gasteiger partial charge in [-0.1, -0.05) is 77.7 Å². The zero-order valence-electron chi connectivity index (χ0n) is 26.9. The molecule has 3 heterocycles. The van der Waals surface area contributed by atoms with Crippen molar-refractivity contribution in [1.82, 2.24) is 4.57 Å². The molecule has 1 fully saturated rings. The van der Waals surface area contributed by atoms with Crippen LogP contribution < -0.4 is 20.0 Å². The number of imide groups is 1. The number of halogens is 3. The standard InChI is InChI=1S/C37H31F3N4O4S2/c1-3-42(4-2)24-17-15-22(16-18-24)29-30-31(34(47)44(33(30)46)25-12-8-11-23(19-25)37(38,39)40)49-35-32(29)50-36(48)43(35)20-28(45)41-27-14-7-10-21-9-5-6-13-26(21)27/h5-19,29-31H,3-4,20H2,1-2H3,(H,41,45). The lowest BCUT2D eigenvalue weighted by Gasteiger charge is -2.31. The molecule has 0 radical (unpaired) electrons. The van der Waals surface area contributed by atoms with Gasteiger partial charge in [-0.25, -0.2) is 4.90 Å². The molecule has 1 aromatic heterocycles. The van der Waals surface area contributed by atoms with E-state index in [2.05, 4.69) is 10.2 Å². The molecule has 3 atom stereocenters. The molecule has 5 aromatic rings. The average molecular weight is 717 g/mol. The van der Waals surface area contributed by atoms with Gasteiger partial charge < -0.3 is 10.2 Å². The number of anilines is 3. The number of amides is 3. The van der Waals surface area contributed by atoms with Gasteiger partial charge in [0.05, 0.1) is 22.2 Å². The van der Waals surface area contributed by atoms with Crippen LogP contribution in [0.15, 0.2) is 101 Å². The highest BCUT2D eigenvalue weighted by atomic mass is 32.2. The van der Waals surface area contributed by atoms with Crippen molar-refractivity contribution in [2.45, 2.75) is 42.8 Å². The van der Waals surface area contributed by atoms with Crippen molar-refractivity contribution >= 4 is 68.7 Å². The van der Waals surface area contributed by atoms with Crippen molar-refractivity contribution < 1.29 is 27.6 Å². The number of thioether (sulfide) groups is 1. The number of hydrogen-bond acceptors (Lipinski definition) is 7. The van der Waals surface area contributed by atoms with Crippen LogP contribution in [0.4, 0.5) is 30.2 Å². The molecule has 1 N–H and O–H groups in total. The first-order valence-corrected chi connectivity index (χ1v) is 17.8. The van der Waals surface area contributed by atoms with E-state index in [1.165, 1.54) is 16.7 Å². The first kappa shape index (κ1) is 33.6. The highest BCUT2D eigenvalue weighted by Gasteiger charge is 2.57. The van der Waals surface area contributed by atoms with Gasteiger partial charge in [-0.2, -0.15) is 13.2 Å². The maximum Gasteiger partial charge on any atom is 0.416 e. The molecule has 2 aliphatic rings. The van der Waals surface area contributed by atoms with Crippen LogP contribution >= 0.6 is 23.1 Å². The van der Waals surface area contributed by atoms with Gasteiger partial charge in [0.1, 0.15) is 11.8 Å². The van der Waals surface area contributed by atoms with Crippen molar-refractivity contribution in [3.63, 3.8) is 0 Å². The van der Waals surface area contributed by atoms with E-state index in [0.717, 1.165) is 69.7 Å². The van der Waals surface area contributed by atoms with Crippen molar-refractivity contribution in [1.29, 1.82) is 0 Å². The fourth-order valence-corrected chi connectivity index (χ4v) is 9.61. The van der Waals surface area contributed by atoms with Crippen LogP contribution in [-0.2, 0) is 27.1 Å². The Labute approximate surface area is 293 Å². The Balaban J connectivity index is 1.29. The number of nitrogens with one attached hydrogen (secondary N) is 1. The number of rotatable bonds is 8. The molecule has 8 nitrogen and oxygen atoms in total. The summed E-state index contributed by atoms with van der Waals surface area (Å²) in [6, 6.07) is 24.8. The van der Waals surface area contributed by atoms with Crippen LogP contribution in [0.5, 0.6) is 0 Å². The molecule has 3 unspecified atom stereocenters. The molecule has 256 valence electrons. The number of nitrogens with zero attached hydrogens (tertiary/aromatic N) is 3. The third-order valence-corrected chi connectivity index (χ3v) is 11.8. The molecule has 2 aliphatic heterocycles. The quantitative estimate of drug-likeness (QED) is 0.169. The lowest BCUT2D eigenvalue weighted by molar-refractivity contribution is -0.137. The summed E-state index contributed by atoms with van der Waals surface area (Å²) >= 11 is 1.92. The summed E-state index contributed by atoms with van der Waals surface area (Å²) < 4.78 is 42.3. The second-order valence-corrected chi connectivity index (χ2v) is 14.2. The monoisotopic (exact) mass is 716 g/mol. The molecule has 1 saturated heterocycles. The zero-order chi connectivity index (χ0) is 35.3. The molecule has 3 amide bonds. The Morgan fingerprint density at radius 2 is 1.58 bits per heavy atom. The Bertz CT molecular complexity index is 2190. The smallest absolute Gasteiger partial charge is 0.372 e. The van der Waals surface area contributed by atoms with Gasteiger partial charge in [-0.05, 0) is 61.2 Å². The van der Waals surface area contributed by atoms with E-state index in [1.807, 2.05) is 74.5 Å². The van der Waals surface area contributed by atoms with Crippen molar-refractivity contribution in [3.8, 4) is 0 Å². The van der Waals surface area contributed by atoms with Crippen molar-refractivity contribution in [2.24, 2.45) is 5.92 Å². The first-order valence-electron chi connectivity index (χ1n) is 16.1. The predicted molar refractivity (Wildman–Crippen MR) is 190 cm³/mol. The lowest BCUT2D eigenvalue weighted by Crippen LogP contribution is -2.33. The second kappa shape index (κ2) is 13.1. The maximum atomic E-state index is 14.2. The fourth-order valence-electron chi connectivity index (χ4n) is 6.84. The summed E-state index contributed by atoms with van der Waals surface area (Å²) in [5.41, 5.74) is 1.06. The Morgan fingerprint density at radius 1 is 0.880 bits per heavy atom. The number of aromatic nitrogens is 1. The topological polar surface area (TPSA) is 91.7 Å².